The van der Waals surface area contributed by atoms with Gasteiger partial charge in [0.25, 0.3) is 20.2 Å². The molecule has 0 aromatic heterocycles. The Bertz CT molecular complexity index is 1180. The van der Waals surface area contributed by atoms with Crippen LogP contribution >= 0.6 is 24.4 Å². The van der Waals surface area contributed by atoms with Crippen LogP contribution in [-0.4, -0.2) is 36.3 Å². The molecule has 0 saturated carbocycles. The molecular weight excluding hydrogens is 467 g/mol. The van der Waals surface area contributed by atoms with E-state index < -0.39 is 30.0 Å². The van der Waals surface area contributed by atoms with E-state index in [1.54, 1.807) is 0 Å². The molecule has 0 radical (unpaired) electrons. The van der Waals surface area contributed by atoms with E-state index in [1.807, 2.05) is 0 Å². The van der Waals surface area contributed by atoms with Crippen molar-refractivity contribution in [3.63, 3.8) is 0 Å². The van der Waals surface area contributed by atoms with E-state index in [0.29, 0.717) is 0 Å². The summed E-state index contributed by atoms with van der Waals surface area (Å²) in [6.45, 7) is 0. The number of rotatable bonds is 6. The third-order valence-corrected chi connectivity index (χ3v) is 5.34. The molecule has 0 spiro atoms. The summed E-state index contributed by atoms with van der Waals surface area (Å²) < 4.78 is 65.4. The average Bonchev–Trinajstić information content (AvgIpc) is 2.60. The second-order valence-electron chi connectivity index (χ2n) is 5.13. The van der Waals surface area contributed by atoms with Gasteiger partial charge in [-0.25, -0.2) is 0 Å². The second kappa shape index (κ2) is 10.6. The SMILES string of the molecule is O=S(=O)(O)c1cc(N=C=S)ccc1/C=C/c1ccc(N=C=S)cc1S(=O)(=O)O.[Na+]. The number of hydrogen-bond acceptors (Lipinski definition) is 8. The van der Waals surface area contributed by atoms with E-state index in [9.17, 15) is 25.9 Å². The molecule has 0 bridgehead atoms. The van der Waals surface area contributed by atoms with Gasteiger partial charge >= 0.3 is 29.6 Å². The summed E-state index contributed by atoms with van der Waals surface area (Å²) in [6, 6.07) is 7.68. The molecule has 0 saturated heterocycles. The van der Waals surface area contributed by atoms with Crippen LogP contribution in [0.3, 0.4) is 0 Å². The van der Waals surface area contributed by atoms with E-state index in [0.717, 1.165) is 12.1 Å². The van der Waals surface area contributed by atoms with E-state index >= 15 is 0 Å². The molecule has 0 amide bonds. The molecule has 13 heteroatoms. The van der Waals surface area contributed by atoms with Gasteiger partial charge in [-0.2, -0.15) is 26.8 Å². The Hall–Kier alpha value is -1.40. The molecule has 2 rings (SSSR count). The predicted molar refractivity (Wildman–Crippen MR) is 111 cm³/mol. The molecule has 8 nitrogen and oxygen atoms in total. The molecular formula is C16H10N2NaO6S4+. The largest absolute Gasteiger partial charge is 1.00 e. The molecule has 0 fully saturated rings. The van der Waals surface area contributed by atoms with Crippen LogP contribution in [0.15, 0.2) is 56.2 Å². The third kappa shape index (κ3) is 7.10. The number of benzene rings is 2. The van der Waals surface area contributed by atoms with Crippen LogP contribution in [-0.2, 0) is 20.2 Å². The van der Waals surface area contributed by atoms with Crippen molar-refractivity contribution in [2.24, 2.45) is 9.98 Å². The number of hydrogen-bond donors (Lipinski definition) is 2. The number of nitrogens with zero attached hydrogens (tertiary/aromatic N) is 2. The topological polar surface area (TPSA) is 133 Å². The van der Waals surface area contributed by atoms with Crippen LogP contribution in [0.5, 0.6) is 0 Å². The summed E-state index contributed by atoms with van der Waals surface area (Å²) in [5.41, 5.74) is 0.405. The monoisotopic (exact) mass is 477 g/mol. The number of isothiocyanates is 2. The Morgan fingerprint density at radius 2 is 1.10 bits per heavy atom. The molecule has 0 aliphatic heterocycles. The Balaban J connectivity index is 0.00000420. The molecule has 2 N–H and O–H groups in total. The molecule has 29 heavy (non-hydrogen) atoms. The van der Waals surface area contributed by atoms with Crippen molar-refractivity contribution < 1.29 is 55.5 Å². The van der Waals surface area contributed by atoms with Gasteiger partial charge in [-0.05, 0) is 59.8 Å². The van der Waals surface area contributed by atoms with E-state index in [-0.39, 0.29) is 52.1 Å². The maximum atomic E-state index is 11.6. The summed E-state index contributed by atoms with van der Waals surface area (Å²) in [7, 11) is -9.21. The molecule has 0 aliphatic rings. The summed E-state index contributed by atoms with van der Waals surface area (Å²) in [4.78, 5) is 6.35. The van der Waals surface area contributed by atoms with Crippen molar-refractivity contribution >= 4 is 78.5 Å². The Labute approximate surface area is 199 Å². The van der Waals surface area contributed by atoms with Gasteiger partial charge in [0.1, 0.15) is 9.79 Å². The van der Waals surface area contributed by atoms with Crippen molar-refractivity contribution in [2.75, 3.05) is 0 Å². The van der Waals surface area contributed by atoms with Gasteiger partial charge in [0, 0.05) is 0 Å². The molecule has 2 aromatic carbocycles. The molecule has 0 unspecified atom stereocenters. The maximum Gasteiger partial charge on any atom is 1.00 e. The minimum atomic E-state index is -4.61. The van der Waals surface area contributed by atoms with Gasteiger partial charge in [-0.1, -0.05) is 24.3 Å². The van der Waals surface area contributed by atoms with Crippen LogP contribution < -0.4 is 29.6 Å². The Morgan fingerprint density at radius 3 is 1.38 bits per heavy atom. The first-order valence-corrected chi connectivity index (χ1v) is 10.8. The minimum Gasteiger partial charge on any atom is -0.282 e. The minimum absolute atomic E-state index is 0. The first-order valence-electron chi connectivity index (χ1n) is 7.13. The standard InChI is InChI=1S/C16H10N2O6S4.Na/c19-27(20,21)15-7-13(17-9-25)5-3-11(15)1-2-12-4-6-14(18-10-26)8-16(12)28(22,23)24;/h1-8H,(H,19,20,21)(H,22,23,24);/q;+1/b2-1+;. The Kier molecular flexibility index (Phi) is 9.35. The quantitative estimate of drug-likeness (QED) is 0.205. The zero-order valence-electron chi connectivity index (χ0n) is 14.7. The van der Waals surface area contributed by atoms with Gasteiger partial charge < -0.3 is 0 Å². The molecule has 2 aromatic rings. The molecule has 0 heterocycles. The second-order valence-corrected chi connectivity index (χ2v) is 8.28. The van der Waals surface area contributed by atoms with Crippen molar-refractivity contribution in [3.05, 3.63) is 47.5 Å². The van der Waals surface area contributed by atoms with Gasteiger partial charge in [-0.15, -0.1) is 0 Å². The summed E-state index contributed by atoms with van der Waals surface area (Å²) in [5.74, 6) is 0. The van der Waals surface area contributed by atoms with E-state index in [1.165, 1.54) is 36.4 Å². The summed E-state index contributed by atoms with van der Waals surface area (Å²) in [5, 5.41) is 4.16. The molecule has 0 aliphatic carbocycles. The average molecular weight is 478 g/mol. The van der Waals surface area contributed by atoms with Crippen molar-refractivity contribution in [1.82, 2.24) is 0 Å². The predicted octanol–water partition coefficient (Wildman–Crippen LogP) is 0.823. The van der Waals surface area contributed by atoms with Crippen LogP contribution in [0.1, 0.15) is 11.1 Å². The fourth-order valence-corrected chi connectivity index (χ4v) is 3.81. The van der Waals surface area contributed by atoms with Gasteiger partial charge in [0.15, 0.2) is 0 Å². The fraction of sp³-hybridized carbons (Fsp3) is 0. The molecule has 144 valence electrons. The van der Waals surface area contributed by atoms with Gasteiger partial charge in [-0.3, -0.25) is 9.11 Å². The van der Waals surface area contributed by atoms with Crippen LogP contribution in [0, 0.1) is 0 Å². The maximum absolute atomic E-state index is 11.6. The van der Waals surface area contributed by atoms with Crippen LogP contribution in [0.25, 0.3) is 12.2 Å². The van der Waals surface area contributed by atoms with Crippen molar-refractivity contribution in [3.8, 4) is 0 Å². The Morgan fingerprint density at radius 1 is 0.759 bits per heavy atom. The number of aliphatic imine (C=N–C) groups is 2. The zero-order valence-corrected chi connectivity index (χ0v) is 19.9. The molecule has 0 atom stereocenters. The van der Waals surface area contributed by atoms with E-state index in [4.69, 9.17) is 0 Å². The van der Waals surface area contributed by atoms with Crippen LogP contribution in [0.4, 0.5) is 11.4 Å². The summed E-state index contributed by atoms with van der Waals surface area (Å²) in [6.07, 6.45) is 2.50. The van der Waals surface area contributed by atoms with Gasteiger partial charge in [0.05, 0.1) is 21.7 Å². The third-order valence-electron chi connectivity index (χ3n) is 3.34. The normalized spacial score (nSPS) is 11.2. The van der Waals surface area contributed by atoms with Crippen molar-refractivity contribution in [1.29, 1.82) is 0 Å². The zero-order chi connectivity index (χ0) is 20.9. The van der Waals surface area contributed by atoms with Crippen molar-refractivity contribution in [2.45, 2.75) is 9.79 Å². The number of thiocarbonyl (C=S) groups is 2. The smallest absolute Gasteiger partial charge is 0.282 e. The van der Waals surface area contributed by atoms with Crippen LogP contribution in [0.2, 0.25) is 0 Å². The summed E-state index contributed by atoms with van der Waals surface area (Å²) >= 11 is 8.91. The fourth-order valence-electron chi connectivity index (χ4n) is 2.19. The van der Waals surface area contributed by atoms with Gasteiger partial charge in [0.2, 0.25) is 0 Å². The van der Waals surface area contributed by atoms with E-state index in [2.05, 4.69) is 44.7 Å². The first-order chi connectivity index (χ1) is 13.1. The first kappa shape index (κ1) is 25.6.